The summed E-state index contributed by atoms with van der Waals surface area (Å²) in [4.78, 5) is 16.8. The number of halogens is 1. The van der Waals surface area contributed by atoms with E-state index in [4.69, 9.17) is 16.3 Å². The largest absolute Gasteiger partial charge is 0.492 e. The van der Waals surface area contributed by atoms with Gasteiger partial charge in [0.1, 0.15) is 12.4 Å². The molecule has 0 atom stereocenters. The van der Waals surface area contributed by atoms with E-state index < -0.39 is 0 Å². The Kier molecular flexibility index (Phi) is 4.95. The fourth-order valence-corrected chi connectivity index (χ4v) is 3.00. The summed E-state index contributed by atoms with van der Waals surface area (Å²) >= 11 is 7.55. The molecule has 2 aromatic heterocycles. The predicted molar refractivity (Wildman–Crippen MR) is 92.1 cm³/mol. The molecule has 0 aliphatic rings. The number of hydrogen-bond acceptors (Lipinski definition) is 4. The summed E-state index contributed by atoms with van der Waals surface area (Å²) in [5.41, 5.74) is 0.693. The molecule has 3 rings (SSSR count). The summed E-state index contributed by atoms with van der Waals surface area (Å²) in [6, 6.07) is 9.46. The lowest BCUT2D eigenvalue weighted by Gasteiger charge is -2.05. The molecule has 0 aliphatic carbocycles. The number of aromatic nitrogens is 2. The minimum Gasteiger partial charge on any atom is -0.492 e. The molecule has 0 radical (unpaired) electrons. The smallest absolute Gasteiger partial charge is 0.244 e. The number of nitrogens with zero attached hydrogens (tertiary/aromatic N) is 2. The van der Waals surface area contributed by atoms with E-state index in [0.29, 0.717) is 24.0 Å². The molecule has 0 spiro atoms. The zero-order valence-electron chi connectivity index (χ0n) is 12.1. The highest BCUT2D eigenvalue weighted by molar-refractivity contribution is 7.15. The monoisotopic (exact) mass is 347 g/mol. The Morgan fingerprint density at radius 1 is 1.39 bits per heavy atom. The van der Waals surface area contributed by atoms with Gasteiger partial charge in [0.05, 0.1) is 12.2 Å². The molecule has 3 aromatic rings. The van der Waals surface area contributed by atoms with Crippen LogP contribution in [0.15, 0.2) is 48.0 Å². The number of para-hydroxylation sites is 1. The maximum atomic E-state index is 11.8. The Labute approximate surface area is 142 Å². The van der Waals surface area contributed by atoms with Gasteiger partial charge < -0.3 is 10.1 Å². The first-order valence-electron chi connectivity index (χ1n) is 6.99. The Hall–Kier alpha value is -2.31. The summed E-state index contributed by atoms with van der Waals surface area (Å²) in [6.45, 7) is 0.831. The Bertz CT molecular complexity index is 826. The van der Waals surface area contributed by atoms with Gasteiger partial charge in [-0.1, -0.05) is 29.8 Å². The van der Waals surface area contributed by atoms with Crippen molar-refractivity contribution in [1.29, 1.82) is 0 Å². The number of thiazole rings is 1. The van der Waals surface area contributed by atoms with Crippen molar-refractivity contribution in [3.63, 3.8) is 0 Å². The van der Waals surface area contributed by atoms with Gasteiger partial charge in [0.2, 0.25) is 5.91 Å². The first-order chi connectivity index (χ1) is 11.2. The molecule has 1 aromatic carbocycles. The van der Waals surface area contributed by atoms with Crippen LogP contribution >= 0.6 is 22.9 Å². The van der Waals surface area contributed by atoms with Crippen molar-refractivity contribution in [3.05, 3.63) is 58.8 Å². The topological polar surface area (TPSA) is 55.6 Å². The van der Waals surface area contributed by atoms with E-state index in [0.717, 1.165) is 10.7 Å². The van der Waals surface area contributed by atoms with Gasteiger partial charge in [-0.25, -0.2) is 4.98 Å². The van der Waals surface area contributed by atoms with Crippen LogP contribution in [0.1, 0.15) is 5.69 Å². The number of nitrogens with one attached hydrogen (secondary N) is 1. The quantitative estimate of drug-likeness (QED) is 0.550. The van der Waals surface area contributed by atoms with Gasteiger partial charge in [-0.05, 0) is 18.2 Å². The lowest BCUT2D eigenvalue weighted by atomic mass is 10.3. The molecular formula is C16H14ClN3O2S. The Balaban J connectivity index is 1.49. The Morgan fingerprint density at radius 2 is 2.22 bits per heavy atom. The zero-order chi connectivity index (χ0) is 16.1. The molecule has 118 valence electrons. The van der Waals surface area contributed by atoms with Crippen molar-refractivity contribution in [2.45, 2.75) is 0 Å². The minimum atomic E-state index is -0.206. The average Bonchev–Trinajstić information content (AvgIpc) is 3.11. The van der Waals surface area contributed by atoms with Gasteiger partial charge in [0.15, 0.2) is 10.1 Å². The molecule has 1 amide bonds. The summed E-state index contributed by atoms with van der Waals surface area (Å²) in [6.07, 6.45) is 4.96. The van der Waals surface area contributed by atoms with Crippen LogP contribution < -0.4 is 10.1 Å². The van der Waals surface area contributed by atoms with Crippen LogP contribution in [0.5, 0.6) is 5.75 Å². The summed E-state index contributed by atoms with van der Waals surface area (Å²) < 4.78 is 7.34. The molecule has 0 unspecified atom stereocenters. The number of carbonyl (C=O) groups excluding carboxylic acids is 1. The minimum absolute atomic E-state index is 0.206. The second kappa shape index (κ2) is 7.30. The molecule has 0 saturated carbocycles. The van der Waals surface area contributed by atoms with Crippen LogP contribution in [0.25, 0.3) is 11.0 Å². The first-order valence-corrected chi connectivity index (χ1v) is 8.24. The maximum absolute atomic E-state index is 11.8. The highest BCUT2D eigenvalue weighted by atomic mass is 35.5. The number of hydrogen-bond donors (Lipinski definition) is 1. The van der Waals surface area contributed by atoms with Gasteiger partial charge >= 0.3 is 0 Å². The molecule has 0 aliphatic heterocycles. The van der Waals surface area contributed by atoms with Crippen molar-refractivity contribution in [2.75, 3.05) is 13.2 Å². The van der Waals surface area contributed by atoms with Crippen molar-refractivity contribution in [3.8, 4) is 5.75 Å². The van der Waals surface area contributed by atoms with Crippen LogP contribution in [0.4, 0.5) is 0 Å². The summed E-state index contributed by atoms with van der Waals surface area (Å²) in [7, 11) is 0. The van der Waals surface area contributed by atoms with Gasteiger partial charge in [-0.3, -0.25) is 9.20 Å². The van der Waals surface area contributed by atoms with Gasteiger partial charge in [0, 0.05) is 17.7 Å². The number of carbonyl (C=O) groups is 1. The molecule has 2 heterocycles. The molecule has 0 saturated heterocycles. The van der Waals surface area contributed by atoms with Crippen LogP contribution in [0.2, 0.25) is 5.15 Å². The normalized spacial score (nSPS) is 11.2. The molecule has 7 heteroatoms. The fraction of sp³-hybridized carbons (Fsp3) is 0.125. The average molecular weight is 348 g/mol. The predicted octanol–water partition coefficient (Wildman–Crippen LogP) is 3.26. The number of rotatable bonds is 6. The van der Waals surface area contributed by atoms with Gasteiger partial charge in [-0.2, -0.15) is 0 Å². The zero-order valence-corrected chi connectivity index (χ0v) is 13.7. The summed E-state index contributed by atoms with van der Waals surface area (Å²) in [5.74, 6) is 0.575. The van der Waals surface area contributed by atoms with Crippen LogP contribution in [-0.2, 0) is 4.79 Å². The number of benzene rings is 1. The first kappa shape index (κ1) is 15.6. The van der Waals surface area contributed by atoms with Gasteiger partial charge in [0.25, 0.3) is 0 Å². The van der Waals surface area contributed by atoms with Crippen LogP contribution in [-0.4, -0.2) is 28.4 Å². The van der Waals surface area contributed by atoms with E-state index in [1.807, 2.05) is 46.3 Å². The third kappa shape index (κ3) is 3.91. The maximum Gasteiger partial charge on any atom is 0.244 e. The second-order valence-electron chi connectivity index (χ2n) is 4.63. The number of imidazole rings is 1. The Morgan fingerprint density at radius 3 is 3.04 bits per heavy atom. The van der Waals surface area contributed by atoms with E-state index >= 15 is 0 Å². The third-order valence-electron chi connectivity index (χ3n) is 3.06. The number of amides is 1. The molecule has 1 N–H and O–H groups in total. The summed E-state index contributed by atoms with van der Waals surface area (Å²) in [5, 5.41) is 5.05. The molecule has 0 bridgehead atoms. The highest BCUT2D eigenvalue weighted by Crippen LogP contribution is 2.22. The SMILES string of the molecule is O=C(C=Cc1c(Cl)nc2sccn12)NCCOc1ccccc1. The van der Waals surface area contributed by atoms with E-state index in [1.165, 1.54) is 17.4 Å². The fourth-order valence-electron chi connectivity index (χ4n) is 2.00. The lowest BCUT2D eigenvalue weighted by Crippen LogP contribution is -2.26. The molecule has 5 nitrogen and oxygen atoms in total. The van der Waals surface area contributed by atoms with E-state index in [2.05, 4.69) is 10.3 Å². The van der Waals surface area contributed by atoms with E-state index in [1.54, 1.807) is 6.08 Å². The van der Waals surface area contributed by atoms with E-state index in [9.17, 15) is 4.79 Å². The standard InChI is InChI=1S/C16H14ClN3O2S/c17-15-13(20-9-11-23-16(20)19-15)6-7-14(21)18-8-10-22-12-4-2-1-3-5-12/h1-7,9,11H,8,10H2,(H,18,21). The van der Waals surface area contributed by atoms with Crippen LogP contribution in [0.3, 0.4) is 0 Å². The van der Waals surface area contributed by atoms with Crippen molar-refractivity contribution in [2.24, 2.45) is 0 Å². The van der Waals surface area contributed by atoms with Gasteiger partial charge in [-0.15, -0.1) is 11.3 Å². The van der Waals surface area contributed by atoms with E-state index in [-0.39, 0.29) is 5.91 Å². The molecule has 23 heavy (non-hydrogen) atoms. The highest BCUT2D eigenvalue weighted by Gasteiger charge is 2.08. The number of fused-ring (bicyclic) bond motifs is 1. The second-order valence-corrected chi connectivity index (χ2v) is 5.86. The van der Waals surface area contributed by atoms with Crippen molar-refractivity contribution >= 4 is 39.9 Å². The van der Waals surface area contributed by atoms with Crippen LogP contribution in [0, 0.1) is 0 Å². The van der Waals surface area contributed by atoms with Crippen molar-refractivity contribution < 1.29 is 9.53 Å². The molecule has 0 fully saturated rings. The van der Waals surface area contributed by atoms with Crippen molar-refractivity contribution in [1.82, 2.24) is 14.7 Å². The lowest BCUT2D eigenvalue weighted by molar-refractivity contribution is -0.116. The number of ether oxygens (including phenoxy) is 1. The molecular weight excluding hydrogens is 334 g/mol. The third-order valence-corrected chi connectivity index (χ3v) is 4.09.